The molecule has 0 aliphatic heterocycles. The van der Waals surface area contributed by atoms with Crippen molar-refractivity contribution in [1.82, 2.24) is 0 Å². The molecule has 1 N–H and O–H groups in total. The quantitative estimate of drug-likeness (QED) is 0.594. The lowest BCUT2D eigenvalue weighted by atomic mass is 11.0. The summed E-state index contributed by atoms with van der Waals surface area (Å²) in [5.41, 5.74) is 0. The van der Waals surface area contributed by atoms with Crippen LogP contribution in [0.4, 0.5) is 0 Å². The topological polar surface area (TPSA) is 38.7 Å². The minimum absolute atomic E-state index is 0.542. The fourth-order valence-corrected chi connectivity index (χ4v) is 0.998. The second-order valence-electron chi connectivity index (χ2n) is 1.32. The SMILES string of the molecule is CC[P+](O)(OC)OC. The first kappa shape index (κ1) is 8.31. The van der Waals surface area contributed by atoms with Crippen LogP contribution in [0.1, 0.15) is 6.92 Å². The largest absolute Gasteiger partial charge is 0.407 e. The van der Waals surface area contributed by atoms with Crippen LogP contribution in [0.5, 0.6) is 0 Å². The molecule has 0 aromatic carbocycles. The number of hydrogen-bond donors (Lipinski definition) is 1. The van der Waals surface area contributed by atoms with Crippen LogP contribution in [0.2, 0.25) is 0 Å². The lowest BCUT2D eigenvalue weighted by Gasteiger charge is -2.08. The van der Waals surface area contributed by atoms with Crippen LogP contribution < -0.4 is 0 Å². The van der Waals surface area contributed by atoms with Gasteiger partial charge in [0.25, 0.3) is 0 Å². The first-order valence-corrected chi connectivity index (χ1v) is 4.17. The zero-order valence-corrected chi connectivity index (χ0v) is 6.31. The molecule has 0 aliphatic rings. The van der Waals surface area contributed by atoms with Crippen molar-refractivity contribution >= 4 is 7.94 Å². The van der Waals surface area contributed by atoms with Gasteiger partial charge in [0, 0.05) is 0 Å². The summed E-state index contributed by atoms with van der Waals surface area (Å²) in [6.45, 7) is 1.82. The van der Waals surface area contributed by atoms with E-state index in [1.807, 2.05) is 6.92 Å². The van der Waals surface area contributed by atoms with Crippen molar-refractivity contribution in [3.8, 4) is 0 Å². The summed E-state index contributed by atoms with van der Waals surface area (Å²) in [5.74, 6) is 0. The second kappa shape index (κ2) is 3.36. The Hall–Kier alpha value is 0.310. The van der Waals surface area contributed by atoms with E-state index >= 15 is 0 Å². The van der Waals surface area contributed by atoms with Gasteiger partial charge in [0.2, 0.25) is 0 Å². The van der Waals surface area contributed by atoms with Crippen LogP contribution in [-0.2, 0) is 9.05 Å². The third-order valence-electron chi connectivity index (χ3n) is 0.970. The normalized spacial score (nSPS) is 12.0. The summed E-state index contributed by atoms with van der Waals surface area (Å²) in [5, 5.41) is 0. The Labute approximate surface area is 50.2 Å². The van der Waals surface area contributed by atoms with Gasteiger partial charge in [-0.25, -0.2) is 0 Å². The molecule has 0 saturated carbocycles. The summed E-state index contributed by atoms with van der Waals surface area (Å²) in [6, 6.07) is 0. The van der Waals surface area contributed by atoms with Crippen LogP contribution in [0, 0.1) is 0 Å². The Bertz CT molecular complexity index is 54.0. The molecule has 0 aromatic rings. The molecular weight excluding hydrogens is 127 g/mol. The first-order valence-electron chi connectivity index (χ1n) is 2.40. The number of hydrogen-bond acceptors (Lipinski definition) is 3. The third kappa shape index (κ3) is 2.05. The van der Waals surface area contributed by atoms with Crippen molar-refractivity contribution in [2.45, 2.75) is 6.92 Å². The fraction of sp³-hybridized carbons (Fsp3) is 1.00. The Kier molecular flexibility index (Phi) is 3.49. The smallest absolute Gasteiger partial charge is 0.193 e. The third-order valence-corrected chi connectivity index (χ3v) is 2.91. The van der Waals surface area contributed by atoms with Crippen LogP contribution >= 0.6 is 7.94 Å². The van der Waals surface area contributed by atoms with Crippen LogP contribution in [0.25, 0.3) is 0 Å². The molecule has 4 heteroatoms. The zero-order chi connectivity index (χ0) is 6.62. The van der Waals surface area contributed by atoms with Crippen LogP contribution in [0.15, 0.2) is 0 Å². The zero-order valence-electron chi connectivity index (χ0n) is 5.42. The standard InChI is InChI=1S/C4H12O3P/c1-4-8(5,6-2)7-3/h5H,4H2,1-3H3/q+1. The Morgan fingerprint density at radius 1 is 1.38 bits per heavy atom. The average molecular weight is 139 g/mol. The van der Waals surface area contributed by atoms with Gasteiger partial charge in [0.05, 0.1) is 14.2 Å². The van der Waals surface area contributed by atoms with E-state index in [-0.39, 0.29) is 0 Å². The Morgan fingerprint density at radius 2 is 1.75 bits per heavy atom. The summed E-state index contributed by atoms with van der Waals surface area (Å²) < 4.78 is 9.36. The highest BCUT2D eigenvalue weighted by molar-refractivity contribution is 7.60. The Balaban J connectivity index is 3.58. The minimum atomic E-state index is -2.41. The highest BCUT2D eigenvalue weighted by Gasteiger charge is 2.34. The highest BCUT2D eigenvalue weighted by Crippen LogP contribution is 2.54. The van der Waals surface area contributed by atoms with Gasteiger partial charge < -0.3 is 0 Å². The van der Waals surface area contributed by atoms with E-state index in [1.54, 1.807) is 0 Å². The van der Waals surface area contributed by atoms with Gasteiger partial charge in [-0.15, -0.1) is 0 Å². The maximum absolute atomic E-state index is 9.10. The van der Waals surface area contributed by atoms with Gasteiger partial charge in [-0.2, -0.15) is 13.9 Å². The van der Waals surface area contributed by atoms with Crippen molar-refractivity contribution in [2.75, 3.05) is 20.4 Å². The number of rotatable bonds is 3. The molecule has 0 fully saturated rings. The predicted molar refractivity (Wildman–Crippen MR) is 33.7 cm³/mol. The lowest BCUT2D eigenvalue weighted by Crippen LogP contribution is -1.98. The molecule has 0 heterocycles. The van der Waals surface area contributed by atoms with E-state index in [0.717, 1.165) is 0 Å². The van der Waals surface area contributed by atoms with Gasteiger partial charge in [0.15, 0.2) is 0 Å². The van der Waals surface area contributed by atoms with E-state index in [1.165, 1.54) is 14.2 Å². The van der Waals surface area contributed by atoms with E-state index in [0.29, 0.717) is 6.16 Å². The van der Waals surface area contributed by atoms with Crippen molar-refractivity contribution in [2.24, 2.45) is 0 Å². The highest BCUT2D eigenvalue weighted by atomic mass is 31.2. The molecule has 3 nitrogen and oxygen atoms in total. The molecule has 50 valence electrons. The van der Waals surface area contributed by atoms with Crippen LogP contribution in [0.3, 0.4) is 0 Å². The molecule has 0 radical (unpaired) electrons. The summed E-state index contributed by atoms with van der Waals surface area (Å²) in [4.78, 5) is 9.10. The first-order chi connectivity index (χ1) is 3.68. The molecule has 0 unspecified atom stereocenters. The molecule has 0 saturated heterocycles. The summed E-state index contributed by atoms with van der Waals surface area (Å²) in [6.07, 6.45) is 0.542. The fourth-order valence-electron chi connectivity index (χ4n) is 0.333. The molecule has 0 aliphatic carbocycles. The maximum Gasteiger partial charge on any atom is 0.407 e. The van der Waals surface area contributed by atoms with Crippen LogP contribution in [-0.4, -0.2) is 25.3 Å². The van der Waals surface area contributed by atoms with E-state index < -0.39 is 7.94 Å². The van der Waals surface area contributed by atoms with Gasteiger partial charge in [0.1, 0.15) is 6.16 Å². The molecular formula is C4H12O3P+. The van der Waals surface area contributed by atoms with E-state index in [2.05, 4.69) is 9.05 Å². The maximum atomic E-state index is 9.10. The summed E-state index contributed by atoms with van der Waals surface area (Å²) >= 11 is 0. The van der Waals surface area contributed by atoms with E-state index in [9.17, 15) is 0 Å². The second-order valence-corrected chi connectivity index (χ2v) is 3.96. The molecule has 8 heavy (non-hydrogen) atoms. The predicted octanol–water partition coefficient (Wildman–Crippen LogP) is 1.05. The van der Waals surface area contributed by atoms with Crippen molar-refractivity contribution < 1.29 is 13.9 Å². The Morgan fingerprint density at radius 3 is 1.75 bits per heavy atom. The van der Waals surface area contributed by atoms with Gasteiger partial charge >= 0.3 is 7.94 Å². The van der Waals surface area contributed by atoms with Crippen molar-refractivity contribution in [3.05, 3.63) is 0 Å². The van der Waals surface area contributed by atoms with Gasteiger partial charge in [-0.3, -0.25) is 0 Å². The molecule has 0 spiro atoms. The summed E-state index contributed by atoms with van der Waals surface area (Å²) in [7, 11) is 0.478. The van der Waals surface area contributed by atoms with Gasteiger partial charge in [-0.05, 0) is 6.92 Å². The monoisotopic (exact) mass is 139 g/mol. The minimum Gasteiger partial charge on any atom is -0.193 e. The molecule has 0 rings (SSSR count). The van der Waals surface area contributed by atoms with Gasteiger partial charge in [-0.1, -0.05) is 0 Å². The van der Waals surface area contributed by atoms with Crippen molar-refractivity contribution in [1.29, 1.82) is 0 Å². The van der Waals surface area contributed by atoms with Crippen molar-refractivity contribution in [3.63, 3.8) is 0 Å². The molecule has 0 atom stereocenters. The molecule has 0 bridgehead atoms. The lowest BCUT2D eigenvalue weighted by molar-refractivity contribution is 0.242. The molecule has 0 aromatic heterocycles. The van der Waals surface area contributed by atoms with E-state index in [4.69, 9.17) is 4.89 Å². The molecule has 0 amide bonds. The average Bonchev–Trinajstić information content (AvgIpc) is 1.87.